The number of benzene rings is 2. The van der Waals surface area contributed by atoms with Gasteiger partial charge >= 0.3 is 0 Å². The van der Waals surface area contributed by atoms with E-state index in [9.17, 15) is 13.6 Å². The standard InChI is InChI=1S/C18H14F2N4O/c1-11-4-2-3-5-13(11)18(25)22-17-9-8-16(23-24-17)21-12-6-7-14(19)15(20)10-12/h2-10H,1H3,(H,21,23)(H,22,24,25). The van der Waals surface area contributed by atoms with Crippen LogP contribution in [0.15, 0.2) is 54.6 Å². The predicted octanol–water partition coefficient (Wildman–Crippen LogP) is 4.06. The Morgan fingerprint density at radius 3 is 2.32 bits per heavy atom. The van der Waals surface area contributed by atoms with Crippen molar-refractivity contribution in [2.75, 3.05) is 10.6 Å². The van der Waals surface area contributed by atoms with Crippen molar-refractivity contribution in [3.05, 3.63) is 77.4 Å². The molecule has 0 atom stereocenters. The lowest BCUT2D eigenvalue weighted by atomic mass is 10.1. The highest BCUT2D eigenvalue weighted by molar-refractivity contribution is 6.04. The molecule has 1 aromatic heterocycles. The lowest BCUT2D eigenvalue weighted by Gasteiger charge is -2.08. The number of hydrogen-bond donors (Lipinski definition) is 2. The van der Waals surface area contributed by atoms with Gasteiger partial charge in [0.1, 0.15) is 0 Å². The highest BCUT2D eigenvalue weighted by atomic mass is 19.2. The summed E-state index contributed by atoms with van der Waals surface area (Å²) < 4.78 is 26.1. The molecule has 0 aliphatic heterocycles. The Labute approximate surface area is 142 Å². The molecule has 1 amide bonds. The molecule has 0 radical (unpaired) electrons. The molecule has 3 aromatic rings. The molecular formula is C18H14F2N4O. The van der Waals surface area contributed by atoms with Gasteiger partial charge in [-0.05, 0) is 42.8 Å². The van der Waals surface area contributed by atoms with Gasteiger partial charge in [-0.1, -0.05) is 18.2 Å². The fourth-order valence-electron chi connectivity index (χ4n) is 2.20. The second-order valence-electron chi connectivity index (χ2n) is 5.33. The number of anilines is 3. The lowest BCUT2D eigenvalue weighted by molar-refractivity contribution is 0.102. The summed E-state index contributed by atoms with van der Waals surface area (Å²) in [6.45, 7) is 1.84. The van der Waals surface area contributed by atoms with Gasteiger partial charge in [-0.2, -0.15) is 0 Å². The van der Waals surface area contributed by atoms with Crippen molar-refractivity contribution < 1.29 is 13.6 Å². The third-order valence-corrected chi connectivity index (χ3v) is 3.49. The first-order valence-corrected chi connectivity index (χ1v) is 7.46. The number of aromatic nitrogens is 2. The van der Waals surface area contributed by atoms with Gasteiger partial charge in [-0.25, -0.2) is 8.78 Å². The Kier molecular flexibility index (Phi) is 4.65. The number of hydrogen-bond acceptors (Lipinski definition) is 4. The molecule has 25 heavy (non-hydrogen) atoms. The van der Waals surface area contributed by atoms with Gasteiger partial charge < -0.3 is 10.6 Å². The average Bonchev–Trinajstić information content (AvgIpc) is 2.60. The molecule has 0 aliphatic rings. The van der Waals surface area contributed by atoms with Crippen LogP contribution < -0.4 is 10.6 Å². The summed E-state index contributed by atoms with van der Waals surface area (Å²) >= 11 is 0. The van der Waals surface area contributed by atoms with Crippen molar-refractivity contribution in [2.45, 2.75) is 6.92 Å². The van der Waals surface area contributed by atoms with Gasteiger partial charge in [0.05, 0.1) is 0 Å². The van der Waals surface area contributed by atoms with Crippen LogP contribution in [0.3, 0.4) is 0 Å². The van der Waals surface area contributed by atoms with E-state index in [0.717, 1.165) is 17.7 Å². The minimum atomic E-state index is -0.958. The minimum absolute atomic E-state index is 0.282. The van der Waals surface area contributed by atoms with E-state index in [2.05, 4.69) is 20.8 Å². The van der Waals surface area contributed by atoms with Crippen LogP contribution in [-0.4, -0.2) is 16.1 Å². The third-order valence-electron chi connectivity index (χ3n) is 3.49. The summed E-state index contributed by atoms with van der Waals surface area (Å²) in [4.78, 5) is 12.2. The molecule has 2 N–H and O–H groups in total. The maximum atomic E-state index is 13.2. The Bertz CT molecular complexity index is 913. The van der Waals surface area contributed by atoms with Crippen LogP contribution in [0.1, 0.15) is 15.9 Å². The molecule has 126 valence electrons. The summed E-state index contributed by atoms with van der Waals surface area (Å²) in [6, 6.07) is 13.7. The topological polar surface area (TPSA) is 66.9 Å². The number of aryl methyl sites for hydroxylation is 1. The predicted molar refractivity (Wildman–Crippen MR) is 90.8 cm³/mol. The van der Waals surface area contributed by atoms with Crippen molar-refractivity contribution in [1.82, 2.24) is 10.2 Å². The summed E-state index contributed by atoms with van der Waals surface area (Å²) in [5.41, 5.74) is 1.74. The van der Waals surface area contributed by atoms with Gasteiger partial charge in [0.2, 0.25) is 0 Å². The van der Waals surface area contributed by atoms with E-state index in [1.165, 1.54) is 6.07 Å². The van der Waals surface area contributed by atoms with Crippen LogP contribution >= 0.6 is 0 Å². The molecular weight excluding hydrogens is 326 g/mol. The second kappa shape index (κ2) is 7.04. The van der Waals surface area contributed by atoms with Crippen LogP contribution in [0.4, 0.5) is 26.1 Å². The van der Waals surface area contributed by atoms with E-state index < -0.39 is 11.6 Å². The first-order chi connectivity index (χ1) is 12.0. The number of amides is 1. The van der Waals surface area contributed by atoms with E-state index in [1.54, 1.807) is 24.3 Å². The van der Waals surface area contributed by atoms with Crippen molar-refractivity contribution in [2.24, 2.45) is 0 Å². The molecule has 0 saturated carbocycles. The van der Waals surface area contributed by atoms with E-state index >= 15 is 0 Å². The van der Waals surface area contributed by atoms with Crippen LogP contribution in [0.5, 0.6) is 0 Å². The number of nitrogens with one attached hydrogen (secondary N) is 2. The molecule has 0 aliphatic carbocycles. The molecule has 0 saturated heterocycles. The molecule has 5 nitrogen and oxygen atoms in total. The average molecular weight is 340 g/mol. The van der Waals surface area contributed by atoms with Gasteiger partial charge in [-0.15, -0.1) is 10.2 Å². The van der Waals surface area contributed by atoms with Crippen molar-refractivity contribution >= 4 is 23.2 Å². The Morgan fingerprint density at radius 2 is 1.64 bits per heavy atom. The number of carbonyl (C=O) groups excluding carboxylic acids is 1. The number of halogens is 2. The first kappa shape index (κ1) is 16.5. The second-order valence-corrected chi connectivity index (χ2v) is 5.33. The Morgan fingerprint density at radius 1 is 0.920 bits per heavy atom. The zero-order valence-corrected chi connectivity index (χ0v) is 13.3. The normalized spacial score (nSPS) is 10.4. The molecule has 0 spiro atoms. The highest BCUT2D eigenvalue weighted by Gasteiger charge is 2.10. The Balaban J connectivity index is 1.69. The van der Waals surface area contributed by atoms with E-state index in [-0.39, 0.29) is 11.7 Å². The number of rotatable bonds is 4. The molecule has 7 heteroatoms. The molecule has 0 bridgehead atoms. The molecule has 3 rings (SSSR count). The van der Waals surface area contributed by atoms with E-state index in [4.69, 9.17) is 0 Å². The summed E-state index contributed by atoms with van der Waals surface area (Å²) in [5.74, 6) is -1.55. The molecule has 2 aromatic carbocycles. The summed E-state index contributed by atoms with van der Waals surface area (Å²) in [7, 11) is 0. The van der Waals surface area contributed by atoms with Crippen LogP contribution in [0.2, 0.25) is 0 Å². The van der Waals surface area contributed by atoms with Gasteiger partial charge in [0, 0.05) is 17.3 Å². The largest absolute Gasteiger partial charge is 0.339 e. The van der Waals surface area contributed by atoms with Crippen LogP contribution in [0.25, 0.3) is 0 Å². The maximum absolute atomic E-state index is 13.2. The zero-order valence-electron chi connectivity index (χ0n) is 13.3. The lowest BCUT2D eigenvalue weighted by Crippen LogP contribution is -2.14. The first-order valence-electron chi connectivity index (χ1n) is 7.46. The van der Waals surface area contributed by atoms with Crippen LogP contribution in [-0.2, 0) is 0 Å². The van der Waals surface area contributed by atoms with Crippen molar-refractivity contribution in [1.29, 1.82) is 0 Å². The van der Waals surface area contributed by atoms with Crippen molar-refractivity contribution in [3.63, 3.8) is 0 Å². The van der Waals surface area contributed by atoms with Gasteiger partial charge in [-0.3, -0.25) is 4.79 Å². The monoisotopic (exact) mass is 340 g/mol. The summed E-state index contributed by atoms with van der Waals surface area (Å²) in [6.07, 6.45) is 0. The van der Waals surface area contributed by atoms with Crippen LogP contribution in [0, 0.1) is 18.6 Å². The Hall–Kier alpha value is -3.35. The quantitative estimate of drug-likeness (QED) is 0.752. The third kappa shape index (κ3) is 3.95. The number of carbonyl (C=O) groups is 1. The van der Waals surface area contributed by atoms with E-state index in [0.29, 0.717) is 17.1 Å². The number of nitrogens with zero attached hydrogens (tertiary/aromatic N) is 2. The smallest absolute Gasteiger partial charge is 0.257 e. The van der Waals surface area contributed by atoms with Gasteiger partial charge in [0.15, 0.2) is 23.3 Å². The fourth-order valence-corrected chi connectivity index (χ4v) is 2.20. The summed E-state index contributed by atoms with van der Waals surface area (Å²) in [5, 5.41) is 13.3. The zero-order chi connectivity index (χ0) is 17.8. The molecule has 0 unspecified atom stereocenters. The SMILES string of the molecule is Cc1ccccc1C(=O)Nc1ccc(Nc2ccc(F)c(F)c2)nn1. The maximum Gasteiger partial charge on any atom is 0.257 e. The van der Waals surface area contributed by atoms with E-state index in [1.807, 2.05) is 19.1 Å². The minimum Gasteiger partial charge on any atom is -0.339 e. The molecule has 0 fully saturated rings. The fraction of sp³-hybridized carbons (Fsp3) is 0.0556. The van der Waals surface area contributed by atoms with Gasteiger partial charge in [0.25, 0.3) is 5.91 Å². The molecule has 1 heterocycles. The highest BCUT2D eigenvalue weighted by Crippen LogP contribution is 2.18. The van der Waals surface area contributed by atoms with Crippen molar-refractivity contribution in [3.8, 4) is 0 Å².